The molecular weight excluding hydrogens is 352 g/mol. The predicted octanol–water partition coefficient (Wildman–Crippen LogP) is 2.73. The van der Waals surface area contributed by atoms with Crippen molar-refractivity contribution in [1.29, 1.82) is 0 Å². The molecule has 0 saturated carbocycles. The Morgan fingerprint density at radius 1 is 0.852 bits per heavy atom. The van der Waals surface area contributed by atoms with Crippen LogP contribution in [-0.4, -0.2) is 38.5 Å². The molecule has 0 N–H and O–H groups in total. The van der Waals surface area contributed by atoms with Crippen LogP contribution in [0.4, 0.5) is 0 Å². The zero-order valence-corrected chi connectivity index (χ0v) is 15.3. The Bertz CT molecular complexity index is 794. The molecule has 2 aromatic carbocycles. The summed E-state index contributed by atoms with van der Waals surface area (Å²) in [5.41, 5.74) is 0.810. The lowest BCUT2D eigenvalue weighted by atomic mass is 9.99. The van der Waals surface area contributed by atoms with E-state index in [-0.39, 0.29) is 0 Å². The van der Waals surface area contributed by atoms with Crippen LogP contribution in [0.3, 0.4) is 0 Å². The van der Waals surface area contributed by atoms with E-state index in [0.717, 1.165) is 0 Å². The zero-order valence-electron chi connectivity index (χ0n) is 15.3. The summed E-state index contributed by atoms with van der Waals surface area (Å²) in [5.74, 6) is -0.665. The first-order valence-electron chi connectivity index (χ1n) is 8.09. The van der Waals surface area contributed by atoms with Gasteiger partial charge in [0, 0.05) is 18.1 Å². The van der Waals surface area contributed by atoms with Crippen LogP contribution in [-0.2, 0) is 19.1 Å². The van der Waals surface area contributed by atoms with Gasteiger partial charge in [0.1, 0.15) is 11.5 Å². The molecule has 0 aliphatic rings. The average molecular weight is 372 g/mol. The highest BCUT2D eigenvalue weighted by Gasteiger charge is 2.26. The Morgan fingerprint density at radius 3 is 1.85 bits per heavy atom. The van der Waals surface area contributed by atoms with E-state index in [1.54, 1.807) is 48.5 Å². The summed E-state index contributed by atoms with van der Waals surface area (Å²) in [5, 5.41) is 0. The molecule has 0 saturated heterocycles. The summed E-state index contributed by atoms with van der Waals surface area (Å²) < 4.78 is 20.1. The first-order chi connectivity index (χ1) is 12.9. The van der Waals surface area contributed by atoms with Crippen LogP contribution >= 0.6 is 0 Å². The van der Waals surface area contributed by atoms with Gasteiger partial charge in [-0.1, -0.05) is 12.1 Å². The zero-order chi connectivity index (χ0) is 19.8. The van der Waals surface area contributed by atoms with Gasteiger partial charge in [-0.2, -0.15) is 0 Å². The number of rotatable bonds is 8. The molecule has 7 heteroatoms. The number of hydrogen-bond donors (Lipinski definition) is 0. The quantitative estimate of drug-likeness (QED) is 0.520. The summed E-state index contributed by atoms with van der Waals surface area (Å²) in [6, 6.07) is 13.0. The van der Waals surface area contributed by atoms with Gasteiger partial charge in [0.05, 0.1) is 14.2 Å². The second-order valence-corrected chi connectivity index (χ2v) is 5.52. The molecule has 0 radical (unpaired) electrons. The van der Waals surface area contributed by atoms with Gasteiger partial charge >= 0.3 is 11.9 Å². The molecule has 7 nitrogen and oxygen atoms in total. The Hall–Kier alpha value is -3.35. The van der Waals surface area contributed by atoms with Crippen LogP contribution in [0.15, 0.2) is 48.5 Å². The first kappa shape index (κ1) is 20.0. The Morgan fingerprint density at radius 2 is 1.37 bits per heavy atom. The third-order valence-electron chi connectivity index (χ3n) is 3.67. The summed E-state index contributed by atoms with van der Waals surface area (Å²) in [4.78, 5) is 35.8. The number of Topliss-reactive ketones (excluding diaryl/α,β-unsaturated/α-hetero) is 1. The Labute approximate surface area is 156 Å². The normalized spacial score (nSPS) is 11.2. The van der Waals surface area contributed by atoms with Gasteiger partial charge in [0.15, 0.2) is 12.7 Å². The van der Waals surface area contributed by atoms with Crippen LogP contribution in [0.5, 0.6) is 11.5 Å². The van der Waals surface area contributed by atoms with E-state index >= 15 is 0 Å². The lowest BCUT2D eigenvalue weighted by Gasteiger charge is -2.18. The first-order valence-corrected chi connectivity index (χ1v) is 8.09. The second kappa shape index (κ2) is 9.38. The maximum atomic E-state index is 12.9. The number of ketones is 1. The summed E-state index contributed by atoms with van der Waals surface area (Å²) >= 11 is 0. The highest BCUT2D eigenvalue weighted by Crippen LogP contribution is 2.26. The SMILES string of the molecule is COc1ccc(C(=O)C(OC(=O)COC(C)=O)c2ccc(OC)cc2)cc1. The smallest absolute Gasteiger partial charge is 0.345 e. The molecule has 0 bridgehead atoms. The molecule has 0 fully saturated rings. The van der Waals surface area contributed by atoms with E-state index in [9.17, 15) is 14.4 Å². The van der Waals surface area contributed by atoms with Gasteiger partial charge in [-0.15, -0.1) is 0 Å². The van der Waals surface area contributed by atoms with E-state index in [0.29, 0.717) is 22.6 Å². The minimum absolute atomic E-state index is 0.344. The van der Waals surface area contributed by atoms with Gasteiger partial charge in [-0.05, 0) is 36.4 Å². The molecule has 142 valence electrons. The van der Waals surface area contributed by atoms with Crippen molar-refractivity contribution in [2.45, 2.75) is 13.0 Å². The standard InChI is InChI=1S/C20H20O7/c1-13(21)26-12-18(22)27-20(15-6-10-17(25-3)11-7-15)19(23)14-4-8-16(24-2)9-5-14/h4-11,20H,12H2,1-3H3. The number of ether oxygens (including phenoxy) is 4. The molecule has 2 aromatic rings. The second-order valence-electron chi connectivity index (χ2n) is 5.52. The molecule has 0 aliphatic carbocycles. The van der Waals surface area contributed by atoms with Crippen LogP contribution < -0.4 is 9.47 Å². The fourth-order valence-corrected chi connectivity index (χ4v) is 2.28. The van der Waals surface area contributed by atoms with Crippen molar-refractivity contribution in [3.05, 3.63) is 59.7 Å². The average Bonchev–Trinajstić information content (AvgIpc) is 2.70. The summed E-state index contributed by atoms with van der Waals surface area (Å²) in [6.45, 7) is 0.606. The number of carbonyl (C=O) groups is 3. The molecule has 1 atom stereocenters. The molecule has 0 amide bonds. The fourth-order valence-electron chi connectivity index (χ4n) is 2.28. The van der Waals surface area contributed by atoms with Crippen LogP contribution in [0, 0.1) is 0 Å². The van der Waals surface area contributed by atoms with Gasteiger partial charge in [0.2, 0.25) is 5.78 Å². The van der Waals surface area contributed by atoms with E-state index in [4.69, 9.17) is 14.2 Å². The minimum Gasteiger partial charge on any atom is -0.497 e. The number of hydrogen-bond acceptors (Lipinski definition) is 7. The van der Waals surface area contributed by atoms with Gasteiger partial charge in [-0.25, -0.2) is 4.79 Å². The third-order valence-corrected chi connectivity index (χ3v) is 3.67. The van der Waals surface area contributed by atoms with Crippen molar-refractivity contribution < 1.29 is 33.3 Å². The highest BCUT2D eigenvalue weighted by molar-refractivity contribution is 6.01. The van der Waals surface area contributed by atoms with Crippen molar-refractivity contribution >= 4 is 17.7 Å². The molecule has 0 spiro atoms. The molecule has 2 rings (SSSR count). The molecule has 0 aliphatic heterocycles. The minimum atomic E-state index is -1.19. The predicted molar refractivity (Wildman–Crippen MR) is 95.8 cm³/mol. The lowest BCUT2D eigenvalue weighted by molar-refractivity contribution is -0.160. The van der Waals surface area contributed by atoms with Crippen molar-refractivity contribution in [2.24, 2.45) is 0 Å². The molecule has 0 aromatic heterocycles. The number of methoxy groups -OCH3 is 2. The molecule has 1 unspecified atom stereocenters. The van der Waals surface area contributed by atoms with Gasteiger partial charge in [-0.3, -0.25) is 9.59 Å². The number of esters is 2. The van der Waals surface area contributed by atoms with Crippen LogP contribution in [0.2, 0.25) is 0 Å². The monoisotopic (exact) mass is 372 g/mol. The number of carbonyl (C=O) groups excluding carboxylic acids is 3. The van der Waals surface area contributed by atoms with Crippen molar-refractivity contribution in [3.8, 4) is 11.5 Å². The van der Waals surface area contributed by atoms with E-state index in [1.165, 1.54) is 21.1 Å². The van der Waals surface area contributed by atoms with Crippen molar-refractivity contribution in [2.75, 3.05) is 20.8 Å². The van der Waals surface area contributed by atoms with Crippen LogP contribution in [0.25, 0.3) is 0 Å². The number of benzene rings is 2. The van der Waals surface area contributed by atoms with Crippen molar-refractivity contribution in [3.63, 3.8) is 0 Å². The largest absolute Gasteiger partial charge is 0.497 e. The maximum Gasteiger partial charge on any atom is 0.345 e. The summed E-state index contributed by atoms with van der Waals surface area (Å²) in [6.07, 6.45) is -1.19. The lowest BCUT2D eigenvalue weighted by Crippen LogP contribution is -2.23. The highest BCUT2D eigenvalue weighted by atomic mass is 16.6. The summed E-state index contributed by atoms with van der Waals surface area (Å²) in [7, 11) is 3.04. The Kier molecular flexibility index (Phi) is 6.93. The fraction of sp³-hybridized carbons (Fsp3) is 0.250. The van der Waals surface area contributed by atoms with Gasteiger partial charge in [0.25, 0.3) is 0 Å². The maximum absolute atomic E-state index is 12.9. The molecular formula is C20H20O7. The van der Waals surface area contributed by atoms with E-state index < -0.39 is 30.4 Å². The van der Waals surface area contributed by atoms with Gasteiger partial charge < -0.3 is 18.9 Å². The van der Waals surface area contributed by atoms with Crippen molar-refractivity contribution in [1.82, 2.24) is 0 Å². The topological polar surface area (TPSA) is 88.1 Å². The third kappa shape index (κ3) is 5.57. The Balaban J connectivity index is 2.27. The van der Waals surface area contributed by atoms with Crippen LogP contribution in [0.1, 0.15) is 28.9 Å². The molecule has 0 heterocycles. The van der Waals surface area contributed by atoms with E-state index in [1.807, 2.05) is 0 Å². The molecule has 27 heavy (non-hydrogen) atoms. The van der Waals surface area contributed by atoms with E-state index in [2.05, 4.69) is 4.74 Å².